The van der Waals surface area contributed by atoms with Gasteiger partial charge in [0.1, 0.15) is 11.6 Å². The number of halogens is 2. The standard InChI is InChI=1S/C17H17ClFNO4.C3H8NO5P/c1-9(2)15-16(21)20(17(22)24-15)13-8-14(11(18)7-12(13)19)23-10-5-3-4-6-10;5-3(6)1-4-2-10(7,8)9/h7-8,10H,3-6H2,1-2H3;4H,1-2H2,(H,5,6)(H2,7,8,9). The molecule has 1 saturated carbocycles. The molecule has 0 bridgehead atoms. The van der Waals surface area contributed by atoms with E-state index in [0.717, 1.165) is 31.7 Å². The van der Waals surface area contributed by atoms with Gasteiger partial charge in [-0.05, 0) is 51.2 Å². The smallest absolute Gasteiger partial charge is 0.427 e. The number of rotatable bonds is 7. The van der Waals surface area contributed by atoms with Crippen LogP contribution < -0.4 is 15.0 Å². The highest BCUT2D eigenvalue weighted by Gasteiger charge is 2.40. The summed E-state index contributed by atoms with van der Waals surface area (Å²) >= 11 is 6.04. The van der Waals surface area contributed by atoms with Gasteiger partial charge in [0.05, 0.1) is 29.6 Å². The van der Waals surface area contributed by atoms with Crippen LogP contribution in [0.4, 0.5) is 14.9 Å². The number of carboxylic acid groups (broad SMARTS) is 1. The molecule has 1 saturated heterocycles. The van der Waals surface area contributed by atoms with Gasteiger partial charge in [-0.25, -0.2) is 14.1 Å². The maximum atomic E-state index is 14.3. The molecule has 1 aromatic carbocycles. The minimum absolute atomic E-state index is 0.00962. The first-order valence-corrected chi connectivity index (χ1v) is 12.3. The Morgan fingerprint density at radius 3 is 2.41 bits per heavy atom. The number of carbonyl (C=O) groups is 3. The van der Waals surface area contributed by atoms with Crippen LogP contribution in [0.25, 0.3) is 0 Å². The van der Waals surface area contributed by atoms with Crippen LogP contribution in [-0.4, -0.2) is 51.8 Å². The average Bonchev–Trinajstić information content (AvgIpc) is 3.31. The first-order chi connectivity index (χ1) is 15.8. The van der Waals surface area contributed by atoms with E-state index in [1.54, 1.807) is 13.8 Å². The molecular weight excluding hydrogens is 498 g/mol. The normalized spacial score (nSPS) is 16.3. The third kappa shape index (κ3) is 7.78. The molecule has 3 rings (SSSR count). The van der Waals surface area contributed by atoms with E-state index in [1.165, 1.54) is 6.07 Å². The average molecular weight is 523 g/mol. The van der Waals surface area contributed by atoms with E-state index >= 15 is 0 Å². The van der Waals surface area contributed by atoms with E-state index in [-0.39, 0.29) is 28.3 Å². The number of allylic oxidation sites excluding steroid dienone is 1. The highest BCUT2D eigenvalue weighted by molar-refractivity contribution is 7.51. The van der Waals surface area contributed by atoms with Crippen LogP contribution in [0.5, 0.6) is 5.75 Å². The summed E-state index contributed by atoms with van der Waals surface area (Å²) in [4.78, 5) is 51.1. The summed E-state index contributed by atoms with van der Waals surface area (Å²) in [5.41, 5.74) is 0.311. The highest BCUT2D eigenvalue weighted by Crippen LogP contribution is 2.37. The van der Waals surface area contributed by atoms with Crippen molar-refractivity contribution in [2.24, 2.45) is 0 Å². The van der Waals surface area contributed by atoms with E-state index in [0.29, 0.717) is 10.5 Å². The molecule has 188 valence electrons. The molecule has 0 unspecified atom stereocenters. The van der Waals surface area contributed by atoms with Gasteiger partial charge in [0.2, 0.25) is 0 Å². The molecule has 1 aliphatic carbocycles. The minimum atomic E-state index is -4.10. The number of carbonyl (C=O) groups excluding carboxylic acids is 2. The molecule has 2 aliphatic rings. The topological polar surface area (TPSA) is 163 Å². The molecule has 34 heavy (non-hydrogen) atoms. The Hall–Kier alpha value is -2.50. The zero-order valence-corrected chi connectivity index (χ0v) is 20.1. The Bertz CT molecular complexity index is 1030. The van der Waals surface area contributed by atoms with Crippen molar-refractivity contribution in [2.45, 2.75) is 45.6 Å². The number of ether oxygens (including phenoxy) is 2. The predicted molar refractivity (Wildman–Crippen MR) is 119 cm³/mol. The number of carboxylic acids is 1. The van der Waals surface area contributed by atoms with E-state index in [1.807, 2.05) is 0 Å². The van der Waals surface area contributed by atoms with Crippen molar-refractivity contribution >= 4 is 42.9 Å². The van der Waals surface area contributed by atoms with Gasteiger partial charge in [-0.2, -0.15) is 0 Å². The van der Waals surface area contributed by atoms with Gasteiger partial charge >= 0.3 is 25.6 Å². The number of imide groups is 1. The molecule has 0 radical (unpaired) electrons. The fourth-order valence-electron chi connectivity index (χ4n) is 3.16. The van der Waals surface area contributed by atoms with Gasteiger partial charge in [0, 0.05) is 6.07 Å². The molecule has 2 amide bonds. The number of cyclic esters (lactones) is 1. The fraction of sp³-hybridized carbons (Fsp3) is 0.450. The number of amides is 2. The van der Waals surface area contributed by atoms with Gasteiger partial charge in [-0.15, -0.1) is 0 Å². The maximum Gasteiger partial charge on any atom is 0.427 e. The Morgan fingerprint density at radius 2 is 1.91 bits per heavy atom. The Balaban J connectivity index is 0.000000347. The Labute approximate surface area is 199 Å². The molecule has 1 heterocycles. The number of anilines is 1. The minimum Gasteiger partial charge on any atom is -0.489 e. The van der Waals surface area contributed by atoms with E-state index in [9.17, 15) is 23.3 Å². The zero-order chi connectivity index (χ0) is 25.6. The van der Waals surface area contributed by atoms with Crippen LogP contribution in [0.3, 0.4) is 0 Å². The molecule has 0 atom stereocenters. The second kappa shape index (κ2) is 11.8. The number of hydrogen-bond acceptors (Lipinski definition) is 7. The maximum absolute atomic E-state index is 14.3. The summed E-state index contributed by atoms with van der Waals surface area (Å²) < 4.78 is 35.1. The summed E-state index contributed by atoms with van der Waals surface area (Å²) in [5, 5.41) is 10.2. The molecule has 2 fully saturated rings. The first kappa shape index (κ1) is 27.7. The van der Waals surface area contributed by atoms with Crippen molar-refractivity contribution in [1.29, 1.82) is 0 Å². The second-order valence-corrected chi connectivity index (χ2v) is 9.79. The van der Waals surface area contributed by atoms with Crippen LogP contribution in [0.2, 0.25) is 5.02 Å². The van der Waals surface area contributed by atoms with Crippen molar-refractivity contribution < 1.29 is 47.7 Å². The number of aliphatic carboxylic acids is 1. The number of nitrogens with zero attached hydrogens (tertiary/aromatic N) is 1. The van der Waals surface area contributed by atoms with Crippen molar-refractivity contribution in [1.82, 2.24) is 5.32 Å². The lowest BCUT2D eigenvalue weighted by Crippen LogP contribution is -2.29. The summed E-state index contributed by atoms with van der Waals surface area (Å²) in [6.07, 6.45) is 2.40. The van der Waals surface area contributed by atoms with Crippen LogP contribution >= 0.6 is 19.2 Å². The Kier molecular flexibility index (Phi) is 9.60. The van der Waals surface area contributed by atoms with Crippen LogP contribution in [0.15, 0.2) is 23.5 Å². The van der Waals surface area contributed by atoms with Crippen molar-refractivity contribution in [3.63, 3.8) is 0 Å². The van der Waals surface area contributed by atoms with E-state index in [4.69, 9.17) is 36.0 Å². The lowest BCUT2D eigenvalue weighted by atomic mass is 10.2. The molecular formula is C20H25ClFN2O9P. The third-order valence-electron chi connectivity index (χ3n) is 4.66. The third-order valence-corrected chi connectivity index (χ3v) is 5.59. The Morgan fingerprint density at radius 1 is 1.29 bits per heavy atom. The van der Waals surface area contributed by atoms with Crippen molar-refractivity contribution in [3.8, 4) is 5.75 Å². The van der Waals surface area contributed by atoms with Gasteiger partial charge in [0.25, 0.3) is 0 Å². The fourth-order valence-corrected chi connectivity index (χ4v) is 3.76. The quantitative estimate of drug-likeness (QED) is 0.308. The molecule has 4 N–H and O–H groups in total. The number of hydrogen-bond donors (Lipinski definition) is 4. The largest absolute Gasteiger partial charge is 0.489 e. The second-order valence-electron chi connectivity index (χ2n) is 7.74. The summed E-state index contributed by atoms with van der Waals surface area (Å²) in [7, 11) is -4.10. The number of benzene rings is 1. The van der Waals surface area contributed by atoms with Crippen molar-refractivity contribution in [3.05, 3.63) is 34.3 Å². The van der Waals surface area contributed by atoms with Gasteiger partial charge in [0.15, 0.2) is 5.76 Å². The van der Waals surface area contributed by atoms with Crippen LogP contribution in [0, 0.1) is 5.82 Å². The molecule has 1 aliphatic heterocycles. The molecule has 0 spiro atoms. The van der Waals surface area contributed by atoms with E-state index < -0.39 is 44.2 Å². The van der Waals surface area contributed by atoms with Gasteiger partial charge in [-0.1, -0.05) is 11.6 Å². The van der Waals surface area contributed by atoms with Gasteiger partial charge < -0.3 is 24.4 Å². The molecule has 14 heteroatoms. The summed E-state index contributed by atoms with van der Waals surface area (Å²) in [6.45, 7) is 2.83. The molecule has 1 aromatic rings. The number of nitrogens with one attached hydrogen (secondary N) is 1. The SMILES string of the molecule is CC(C)=C1OC(=O)N(c2cc(OC3CCCC3)c(Cl)cc2F)C1=O.O=C(O)CNCP(=O)(O)O. The zero-order valence-electron chi connectivity index (χ0n) is 18.4. The lowest BCUT2D eigenvalue weighted by molar-refractivity contribution is -0.135. The first-order valence-electron chi connectivity index (χ1n) is 10.2. The van der Waals surface area contributed by atoms with Crippen molar-refractivity contribution in [2.75, 3.05) is 17.7 Å². The lowest BCUT2D eigenvalue weighted by Gasteiger charge is -2.18. The molecule has 11 nitrogen and oxygen atoms in total. The summed E-state index contributed by atoms with van der Waals surface area (Å²) in [6, 6.07) is 2.32. The van der Waals surface area contributed by atoms with Crippen LogP contribution in [-0.2, 0) is 18.9 Å². The van der Waals surface area contributed by atoms with E-state index in [2.05, 4.69) is 5.32 Å². The predicted octanol–water partition coefficient (Wildman–Crippen LogP) is 3.37. The van der Waals surface area contributed by atoms with Crippen LogP contribution in [0.1, 0.15) is 39.5 Å². The highest BCUT2D eigenvalue weighted by atomic mass is 35.5. The monoisotopic (exact) mass is 522 g/mol. The van der Waals surface area contributed by atoms with Gasteiger partial charge in [-0.3, -0.25) is 19.5 Å². The summed E-state index contributed by atoms with van der Waals surface area (Å²) in [5.74, 6) is -2.47. The molecule has 0 aromatic heterocycles.